The molecule has 2 aromatic carbocycles. The minimum atomic E-state index is 0.170. The summed E-state index contributed by atoms with van der Waals surface area (Å²) < 4.78 is 0. The van der Waals surface area contributed by atoms with E-state index in [1.165, 1.54) is 12.1 Å². The largest absolute Gasteiger partial charge is 0.397 e. The van der Waals surface area contributed by atoms with Crippen LogP contribution in [0.2, 0.25) is 0 Å². The van der Waals surface area contributed by atoms with Crippen LogP contribution in [0.5, 0.6) is 0 Å². The monoisotopic (exact) mass is 247 g/mol. The molecule has 0 unspecified atom stereocenters. The molecule has 0 saturated heterocycles. The molecule has 0 heterocycles. The molecule has 0 aromatic heterocycles. The van der Waals surface area contributed by atoms with Crippen molar-refractivity contribution in [3.8, 4) is 12.1 Å². The van der Waals surface area contributed by atoms with Gasteiger partial charge < -0.3 is 5.73 Å². The van der Waals surface area contributed by atoms with E-state index >= 15 is 0 Å². The van der Waals surface area contributed by atoms with Gasteiger partial charge in [-0.25, -0.2) is 0 Å². The van der Waals surface area contributed by atoms with Gasteiger partial charge in [0.2, 0.25) is 0 Å². The molecule has 0 atom stereocenters. The summed E-state index contributed by atoms with van der Waals surface area (Å²) in [6.07, 6.45) is 0. The van der Waals surface area contributed by atoms with Crippen molar-refractivity contribution in [3.63, 3.8) is 0 Å². The van der Waals surface area contributed by atoms with Gasteiger partial charge in [-0.2, -0.15) is 20.8 Å². The Labute approximate surface area is 110 Å². The fraction of sp³-hybridized carbons (Fsp3) is 0. The summed E-state index contributed by atoms with van der Waals surface area (Å²) in [6, 6.07) is 16.0. The first-order valence-electron chi connectivity index (χ1n) is 5.45. The van der Waals surface area contributed by atoms with E-state index in [0.29, 0.717) is 11.4 Å². The van der Waals surface area contributed by atoms with Gasteiger partial charge in [0.1, 0.15) is 12.1 Å². The van der Waals surface area contributed by atoms with E-state index in [1.807, 2.05) is 30.3 Å². The summed E-state index contributed by atoms with van der Waals surface area (Å²) in [5, 5.41) is 25.9. The average molecular weight is 247 g/mol. The second-order valence-corrected chi connectivity index (χ2v) is 3.71. The molecule has 19 heavy (non-hydrogen) atoms. The maximum atomic E-state index is 8.94. The zero-order valence-corrected chi connectivity index (χ0v) is 9.91. The lowest BCUT2D eigenvalue weighted by Crippen LogP contribution is -1.94. The Morgan fingerprint density at radius 3 is 1.89 bits per heavy atom. The number of azo groups is 1. The van der Waals surface area contributed by atoms with Gasteiger partial charge >= 0.3 is 0 Å². The molecule has 5 heteroatoms. The summed E-state index contributed by atoms with van der Waals surface area (Å²) in [6.45, 7) is 0. The Kier molecular flexibility index (Phi) is 3.51. The molecule has 5 nitrogen and oxygen atoms in total. The van der Waals surface area contributed by atoms with E-state index in [0.717, 1.165) is 0 Å². The number of rotatable bonds is 2. The maximum absolute atomic E-state index is 8.94. The molecule has 0 saturated carbocycles. The van der Waals surface area contributed by atoms with Crippen LogP contribution in [0.4, 0.5) is 17.1 Å². The van der Waals surface area contributed by atoms with Gasteiger partial charge in [-0.1, -0.05) is 18.2 Å². The molecule has 0 aliphatic heterocycles. The smallest absolute Gasteiger partial charge is 0.101 e. The summed E-state index contributed by atoms with van der Waals surface area (Å²) in [4.78, 5) is 0. The minimum absolute atomic E-state index is 0.170. The molecule has 0 spiro atoms. The highest BCUT2D eigenvalue weighted by Crippen LogP contribution is 2.25. The summed E-state index contributed by atoms with van der Waals surface area (Å²) in [7, 11) is 0. The second kappa shape index (κ2) is 5.44. The topological polar surface area (TPSA) is 98.3 Å². The fourth-order valence-corrected chi connectivity index (χ4v) is 1.49. The van der Waals surface area contributed by atoms with Crippen LogP contribution in [0.25, 0.3) is 0 Å². The standard InChI is InChI=1S/C14H9N5/c15-8-10-6-13(7-11(9-16)14(10)17)19-18-12-4-2-1-3-5-12/h1-7H,17H2/b19-18+. The molecule has 0 radical (unpaired) electrons. The molecule has 2 N–H and O–H groups in total. The Morgan fingerprint density at radius 1 is 0.842 bits per heavy atom. The van der Waals surface area contributed by atoms with Crippen LogP contribution in [0.3, 0.4) is 0 Å². The van der Waals surface area contributed by atoms with Crippen molar-refractivity contribution in [2.45, 2.75) is 0 Å². The van der Waals surface area contributed by atoms with Gasteiger partial charge in [-0.05, 0) is 24.3 Å². The van der Waals surface area contributed by atoms with Crippen LogP contribution in [0, 0.1) is 22.7 Å². The van der Waals surface area contributed by atoms with E-state index in [9.17, 15) is 0 Å². The van der Waals surface area contributed by atoms with Crippen LogP contribution < -0.4 is 5.73 Å². The quantitative estimate of drug-likeness (QED) is 0.650. The van der Waals surface area contributed by atoms with Crippen LogP contribution >= 0.6 is 0 Å². The van der Waals surface area contributed by atoms with Crippen LogP contribution in [0.15, 0.2) is 52.7 Å². The van der Waals surface area contributed by atoms with Gasteiger partial charge in [-0.15, -0.1) is 0 Å². The van der Waals surface area contributed by atoms with Crippen LogP contribution in [-0.2, 0) is 0 Å². The number of benzene rings is 2. The third kappa shape index (κ3) is 2.74. The highest BCUT2D eigenvalue weighted by atomic mass is 15.1. The molecular formula is C14H9N5. The molecular weight excluding hydrogens is 238 g/mol. The number of nitrogens with two attached hydrogens (primary N) is 1. The van der Waals surface area contributed by atoms with Crippen molar-refractivity contribution in [1.82, 2.24) is 0 Å². The molecule has 2 aromatic rings. The van der Waals surface area contributed by atoms with Crippen LogP contribution in [-0.4, -0.2) is 0 Å². The van der Waals surface area contributed by atoms with Gasteiger partial charge in [0, 0.05) is 0 Å². The van der Waals surface area contributed by atoms with Crippen molar-refractivity contribution in [2.75, 3.05) is 5.73 Å². The Hall–Kier alpha value is -3.18. The zero-order valence-electron chi connectivity index (χ0n) is 9.91. The highest BCUT2D eigenvalue weighted by Gasteiger charge is 2.07. The Balaban J connectivity index is 2.40. The van der Waals surface area contributed by atoms with E-state index in [-0.39, 0.29) is 16.8 Å². The lowest BCUT2D eigenvalue weighted by molar-refractivity contribution is 1.23. The molecule has 90 valence electrons. The van der Waals surface area contributed by atoms with Crippen molar-refractivity contribution in [3.05, 3.63) is 53.6 Å². The number of hydrogen-bond donors (Lipinski definition) is 1. The van der Waals surface area contributed by atoms with E-state index in [2.05, 4.69) is 10.2 Å². The number of hydrogen-bond acceptors (Lipinski definition) is 5. The molecule has 0 bridgehead atoms. The number of nitriles is 2. The summed E-state index contributed by atoms with van der Waals surface area (Å²) in [5.41, 5.74) is 7.39. The second-order valence-electron chi connectivity index (χ2n) is 3.71. The molecule has 2 rings (SSSR count). The maximum Gasteiger partial charge on any atom is 0.101 e. The van der Waals surface area contributed by atoms with Crippen molar-refractivity contribution >= 4 is 17.1 Å². The average Bonchev–Trinajstić information content (AvgIpc) is 2.47. The first kappa shape index (κ1) is 12.3. The van der Waals surface area contributed by atoms with Gasteiger partial charge in [0.25, 0.3) is 0 Å². The summed E-state index contributed by atoms with van der Waals surface area (Å²) in [5.74, 6) is 0. The van der Waals surface area contributed by atoms with Gasteiger partial charge in [-0.3, -0.25) is 0 Å². The molecule has 0 amide bonds. The molecule has 0 aliphatic rings. The third-order valence-corrected chi connectivity index (χ3v) is 2.44. The lowest BCUT2D eigenvalue weighted by atomic mass is 10.1. The Bertz CT molecular complexity index is 670. The first-order chi connectivity index (χ1) is 9.24. The Morgan fingerprint density at radius 2 is 1.37 bits per heavy atom. The van der Waals surface area contributed by atoms with Crippen molar-refractivity contribution < 1.29 is 0 Å². The normalized spacial score (nSPS) is 10.0. The van der Waals surface area contributed by atoms with E-state index < -0.39 is 0 Å². The lowest BCUT2D eigenvalue weighted by Gasteiger charge is -2.01. The third-order valence-electron chi connectivity index (χ3n) is 2.44. The van der Waals surface area contributed by atoms with Crippen molar-refractivity contribution in [2.24, 2.45) is 10.2 Å². The fourth-order valence-electron chi connectivity index (χ4n) is 1.49. The molecule has 0 aliphatic carbocycles. The number of anilines is 1. The zero-order chi connectivity index (χ0) is 13.7. The van der Waals surface area contributed by atoms with Crippen LogP contribution in [0.1, 0.15) is 11.1 Å². The first-order valence-corrected chi connectivity index (χ1v) is 5.45. The van der Waals surface area contributed by atoms with E-state index in [4.69, 9.17) is 16.3 Å². The van der Waals surface area contributed by atoms with Gasteiger partial charge in [0.15, 0.2) is 0 Å². The van der Waals surface area contributed by atoms with Gasteiger partial charge in [0.05, 0.1) is 28.2 Å². The summed E-state index contributed by atoms with van der Waals surface area (Å²) >= 11 is 0. The predicted molar refractivity (Wildman–Crippen MR) is 70.9 cm³/mol. The molecule has 0 fully saturated rings. The SMILES string of the molecule is N#Cc1cc(/N=N/c2ccccc2)cc(C#N)c1N. The number of nitrogens with zero attached hydrogens (tertiary/aromatic N) is 4. The highest BCUT2D eigenvalue weighted by molar-refractivity contribution is 5.68. The minimum Gasteiger partial charge on any atom is -0.397 e. The predicted octanol–water partition coefficient (Wildman–Crippen LogP) is 3.43. The van der Waals surface area contributed by atoms with E-state index in [1.54, 1.807) is 12.1 Å². The van der Waals surface area contributed by atoms with Crippen molar-refractivity contribution in [1.29, 1.82) is 10.5 Å². The number of nitrogen functional groups attached to an aromatic ring is 1.